The maximum absolute atomic E-state index is 12.7. The smallest absolute Gasteiger partial charge is 0.338 e. The van der Waals surface area contributed by atoms with Crippen molar-refractivity contribution in [1.29, 1.82) is 0 Å². The highest BCUT2D eigenvalue weighted by molar-refractivity contribution is 7.92. The summed E-state index contributed by atoms with van der Waals surface area (Å²) in [5.41, 5.74) is 0.324. The number of esters is 1. The van der Waals surface area contributed by atoms with Crippen LogP contribution in [0.15, 0.2) is 47.4 Å². The summed E-state index contributed by atoms with van der Waals surface area (Å²) in [5.74, 6) is -0.686. The Bertz CT molecular complexity index is 1310. The molecule has 0 unspecified atom stereocenters. The average Bonchev–Trinajstić information content (AvgIpc) is 3.15. The van der Waals surface area contributed by atoms with E-state index in [9.17, 15) is 26.4 Å². The molecule has 2 aliphatic rings. The third-order valence-electron chi connectivity index (χ3n) is 5.13. The molecule has 34 heavy (non-hydrogen) atoms. The predicted octanol–water partition coefficient (Wildman–Crippen LogP) is 0.719. The molecule has 0 aromatic heterocycles. The summed E-state index contributed by atoms with van der Waals surface area (Å²) in [5, 5.41) is 2.52. The molecule has 0 spiro atoms. The molecule has 2 aromatic rings. The van der Waals surface area contributed by atoms with Gasteiger partial charge in [-0.2, -0.15) is 0 Å². The van der Waals surface area contributed by atoms with E-state index in [-0.39, 0.29) is 27.7 Å². The number of hydrogen-bond acceptors (Lipinski definition) is 9. The second-order valence-corrected chi connectivity index (χ2v) is 11.6. The normalized spacial score (nSPS) is 18.6. The van der Waals surface area contributed by atoms with Crippen molar-refractivity contribution in [3.8, 4) is 11.5 Å². The maximum atomic E-state index is 12.7. The number of sulfonamides is 1. The van der Waals surface area contributed by atoms with Crippen molar-refractivity contribution in [3.63, 3.8) is 0 Å². The van der Waals surface area contributed by atoms with Gasteiger partial charge in [0.25, 0.3) is 15.9 Å². The van der Waals surface area contributed by atoms with Gasteiger partial charge in [0.2, 0.25) is 0 Å². The van der Waals surface area contributed by atoms with Gasteiger partial charge in [0.15, 0.2) is 27.9 Å². The van der Waals surface area contributed by atoms with E-state index >= 15 is 0 Å². The van der Waals surface area contributed by atoms with Crippen molar-refractivity contribution in [2.75, 3.05) is 36.0 Å². The molecule has 4 rings (SSSR count). The zero-order valence-corrected chi connectivity index (χ0v) is 19.5. The van der Waals surface area contributed by atoms with Crippen LogP contribution in [0.25, 0.3) is 0 Å². The standard InChI is InChI=1S/C21H22N2O9S2/c24-20(22-16-7-10-33(26,27)13-16)12-32-21(25)14-1-3-15(4-2-14)23-34(28,29)17-5-6-18-19(11-17)31-9-8-30-18/h1-6,11,16,23H,7-10,12-13H2,(H,22,24)/t16-/m0/s1. The summed E-state index contributed by atoms with van der Waals surface area (Å²) in [6, 6.07) is 9.27. The molecule has 182 valence electrons. The quantitative estimate of drug-likeness (QED) is 0.513. The molecule has 2 aromatic carbocycles. The van der Waals surface area contributed by atoms with Gasteiger partial charge in [-0.1, -0.05) is 0 Å². The van der Waals surface area contributed by atoms with Gasteiger partial charge in [-0.05, 0) is 42.8 Å². The lowest BCUT2D eigenvalue weighted by Gasteiger charge is -2.19. The maximum Gasteiger partial charge on any atom is 0.338 e. The summed E-state index contributed by atoms with van der Waals surface area (Å²) >= 11 is 0. The second-order valence-electron chi connectivity index (χ2n) is 7.73. The molecule has 2 aliphatic heterocycles. The zero-order chi connectivity index (χ0) is 24.3. The van der Waals surface area contributed by atoms with E-state index in [1.54, 1.807) is 0 Å². The first-order valence-corrected chi connectivity index (χ1v) is 13.6. The predicted molar refractivity (Wildman–Crippen MR) is 120 cm³/mol. The van der Waals surface area contributed by atoms with E-state index in [4.69, 9.17) is 14.2 Å². The molecule has 1 atom stereocenters. The molecule has 2 N–H and O–H groups in total. The highest BCUT2D eigenvalue weighted by Crippen LogP contribution is 2.32. The lowest BCUT2D eigenvalue weighted by Crippen LogP contribution is -2.38. The molecule has 2 heterocycles. The third kappa shape index (κ3) is 5.78. The number of rotatable bonds is 7. The van der Waals surface area contributed by atoms with Crippen molar-refractivity contribution in [3.05, 3.63) is 48.0 Å². The molecule has 1 saturated heterocycles. The summed E-state index contributed by atoms with van der Waals surface area (Å²) in [7, 11) is -7.06. The van der Waals surface area contributed by atoms with E-state index in [2.05, 4.69) is 10.0 Å². The van der Waals surface area contributed by atoms with Crippen molar-refractivity contribution < 1.29 is 40.6 Å². The number of carbonyl (C=O) groups excluding carboxylic acids is 2. The monoisotopic (exact) mass is 510 g/mol. The molecule has 1 fully saturated rings. The van der Waals surface area contributed by atoms with E-state index in [0.29, 0.717) is 31.1 Å². The van der Waals surface area contributed by atoms with Gasteiger partial charge in [-0.25, -0.2) is 21.6 Å². The van der Waals surface area contributed by atoms with Gasteiger partial charge >= 0.3 is 5.97 Å². The van der Waals surface area contributed by atoms with Crippen molar-refractivity contribution in [2.24, 2.45) is 0 Å². The molecule has 0 bridgehead atoms. The summed E-state index contributed by atoms with van der Waals surface area (Å²) in [6.07, 6.45) is 0.325. The topological polar surface area (TPSA) is 154 Å². The number of fused-ring (bicyclic) bond motifs is 1. The van der Waals surface area contributed by atoms with E-state index < -0.39 is 44.4 Å². The fraction of sp³-hybridized carbons (Fsp3) is 0.333. The second kappa shape index (κ2) is 9.50. The molecular formula is C21H22N2O9S2. The number of anilines is 1. The molecule has 13 heteroatoms. The lowest BCUT2D eigenvalue weighted by atomic mass is 10.2. The van der Waals surface area contributed by atoms with E-state index in [1.165, 1.54) is 42.5 Å². The van der Waals surface area contributed by atoms with Crippen LogP contribution in [-0.2, 0) is 29.4 Å². The van der Waals surface area contributed by atoms with Crippen molar-refractivity contribution >= 4 is 37.4 Å². The van der Waals surface area contributed by atoms with Crippen LogP contribution in [-0.4, -0.2) is 66.1 Å². The Hall–Kier alpha value is -3.32. The highest BCUT2D eigenvalue weighted by Gasteiger charge is 2.29. The average molecular weight is 511 g/mol. The number of ether oxygens (including phenoxy) is 3. The largest absolute Gasteiger partial charge is 0.486 e. The Balaban J connectivity index is 1.31. The fourth-order valence-electron chi connectivity index (χ4n) is 3.47. The molecule has 1 amide bonds. The van der Waals surface area contributed by atoms with Crippen LogP contribution in [0.1, 0.15) is 16.8 Å². The van der Waals surface area contributed by atoms with Gasteiger partial charge in [-0.3, -0.25) is 9.52 Å². The number of nitrogens with one attached hydrogen (secondary N) is 2. The SMILES string of the molecule is O=C(COC(=O)c1ccc(NS(=O)(=O)c2ccc3c(c2)OCCO3)cc1)N[C@H]1CCS(=O)(=O)C1. The van der Waals surface area contributed by atoms with Gasteiger partial charge in [0, 0.05) is 17.8 Å². The Labute approximate surface area is 196 Å². The Morgan fingerprint density at radius 2 is 1.74 bits per heavy atom. The first kappa shape index (κ1) is 23.8. The minimum atomic E-state index is -3.92. The number of benzene rings is 2. The minimum Gasteiger partial charge on any atom is -0.486 e. The van der Waals surface area contributed by atoms with Crippen LogP contribution in [0.5, 0.6) is 11.5 Å². The third-order valence-corrected chi connectivity index (χ3v) is 8.28. The fourth-order valence-corrected chi connectivity index (χ4v) is 6.22. The van der Waals surface area contributed by atoms with Crippen LogP contribution in [0, 0.1) is 0 Å². The first-order valence-electron chi connectivity index (χ1n) is 10.3. The van der Waals surface area contributed by atoms with E-state index in [1.807, 2.05) is 0 Å². The molecule has 0 radical (unpaired) electrons. The van der Waals surface area contributed by atoms with Crippen molar-refractivity contribution in [1.82, 2.24) is 5.32 Å². The van der Waals surface area contributed by atoms with Crippen molar-refractivity contribution in [2.45, 2.75) is 17.4 Å². The molecule has 0 aliphatic carbocycles. The summed E-state index contributed by atoms with van der Waals surface area (Å²) in [4.78, 5) is 24.1. The van der Waals surface area contributed by atoms with Gasteiger partial charge in [-0.15, -0.1) is 0 Å². The lowest BCUT2D eigenvalue weighted by molar-refractivity contribution is -0.124. The summed E-state index contributed by atoms with van der Waals surface area (Å²) in [6.45, 7) is 0.154. The Morgan fingerprint density at radius 3 is 2.41 bits per heavy atom. The number of hydrogen-bond donors (Lipinski definition) is 2. The number of sulfone groups is 1. The first-order chi connectivity index (χ1) is 16.1. The summed E-state index contributed by atoms with van der Waals surface area (Å²) < 4.78 is 66.4. The van der Waals surface area contributed by atoms with Gasteiger partial charge < -0.3 is 19.5 Å². The minimum absolute atomic E-state index is 0.0127. The van der Waals surface area contributed by atoms with Crippen LogP contribution < -0.4 is 19.5 Å². The highest BCUT2D eigenvalue weighted by atomic mass is 32.2. The molecule has 0 saturated carbocycles. The van der Waals surface area contributed by atoms with Gasteiger partial charge in [0.1, 0.15) is 13.2 Å². The Kier molecular flexibility index (Phi) is 6.66. The molecule has 11 nitrogen and oxygen atoms in total. The van der Waals surface area contributed by atoms with Crippen LogP contribution >= 0.6 is 0 Å². The van der Waals surface area contributed by atoms with E-state index in [0.717, 1.165) is 0 Å². The van der Waals surface area contributed by atoms with Crippen LogP contribution in [0.4, 0.5) is 5.69 Å². The Morgan fingerprint density at radius 1 is 1.03 bits per heavy atom. The number of carbonyl (C=O) groups is 2. The van der Waals surface area contributed by atoms with Crippen LogP contribution in [0.3, 0.4) is 0 Å². The zero-order valence-electron chi connectivity index (χ0n) is 17.9. The van der Waals surface area contributed by atoms with Crippen LogP contribution in [0.2, 0.25) is 0 Å². The van der Waals surface area contributed by atoms with Gasteiger partial charge in [0.05, 0.1) is 22.0 Å². The number of amides is 1. The molecular weight excluding hydrogens is 488 g/mol.